The van der Waals surface area contributed by atoms with Crippen molar-refractivity contribution in [3.63, 3.8) is 0 Å². The summed E-state index contributed by atoms with van der Waals surface area (Å²) in [6, 6.07) is 25.6. The van der Waals surface area contributed by atoms with Gasteiger partial charge in [0, 0.05) is 5.56 Å². The molecule has 0 heterocycles. The topological polar surface area (TPSA) is 27.7 Å². The highest BCUT2D eigenvalue weighted by atomic mass is 16.8. The van der Waals surface area contributed by atoms with Crippen LogP contribution in [0.4, 0.5) is 0 Å². The second-order valence-corrected chi connectivity index (χ2v) is 6.59. The van der Waals surface area contributed by atoms with Gasteiger partial charge in [-0.25, -0.2) is 0 Å². The summed E-state index contributed by atoms with van der Waals surface area (Å²) in [5.74, 6) is 0.712. The molecule has 2 unspecified atom stereocenters. The van der Waals surface area contributed by atoms with Gasteiger partial charge in [0.15, 0.2) is 6.29 Å². The van der Waals surface area contributed by atoms with Gasteiger partial charge in [0.1, 0.15) is 5.75 Å². The number of ether oxygens (including phenoxy) is 3. The lowest BCUT2D eigenvalue weighted by molar-refractivity contribution is -0.218. The number of hydrogen-bond acceptors (Lipinski definition) is 3. The highest BCUT2D eigenvalue weighted by Crippen LogP contribution is 2.26. The van der Waals surface area contributed by atoms with Crippen molar-refractivity contribution in [3.8, 4) is 5.75 Å². The van der Waals surface area contributed by atoms with E-state index in [-0.39, 0.29) is 0 Å². The van der Waals surface area contributed by atoms with Crippen LogP contribution in [0.15, 0.2) is 92.0 Å². The molecular weight excluding hydrogens is 360 g/mol. The Balaban J connectivity index is 1.71. The Morgan fingerprint density at radius 2 is 1.38 bits per heavy atom. The maximum Gasteiger partial charge on any atom is 0.228 e. The first kappa shape index (κ1) is 20.6. The molecule has 3 rings (SSSR count). The molecule has 2 atom stereocenters. The Morgan fingerprint density at radius 1 is 0.793 bits per heavy atom. The minimum Gasteiger partial charge on any atom is -0.461 e. The largest absolute Gasteiger partial charge is 0.461 e. The normalized spacial score (nSPS) is 12.7. The third-order valence-electron chi connectivity index (χ3n) is 4.45. The standard InChI is InChI=1S/C26H26O3/c1-4-21-11-15-24(16-12-21)26(29-25-17-13-22(5-2)14-18-25)28-20(3)27-19-23-9-7-6-8-10-23/h4-18,20,26H,1-2,19H2,3H3. The summed E-state index contributed by atoms with van der Waals surface area (Å²) in [6.07, 6.45) is 2.55. The second-order valence-electron chi connectivity index (χ2n) is 6.59. The molecule has 0 aliphatic rings. The molecule has 0 aromatic heterocycles. The molecule has 0 N–H and O–H groups in total. The molecule has 0 radical (unpaired) electrons. The highest BCUT2D eigenvalue weighted by Gasteiger charge is 2.18. The Hall–Kier alpha value is -3.14. The van der Waals surface area contributed by atoms with Crippen LogP contribution in [-0.2, 0) is 16.1 Å². The predicted octanol–water partition coefficient (Wildman–Crippen LogP) is 6.63. The van der Waals surface area contributed by atoms with Gasteiger partial charge in [0.2, 0.25) is 6.29 Å². The minimum absolute atomic E-state index is 0.452. The molecule has 0 saturated carbocycles. The molecular formula is C26H26O3. The van der Waals surface area contributed by atoms with E-state index in [1.807, 2.05) is 85.8 Å². The van der Waals surface area contributed by atoms with Crippen molar-refractivity contribution in [3.05, 3.63) is 114 Å². The molecule has 29 heavy (non-hydrogen) atoms. The summed E-state index contributed by atoms with van der Waals surface area (Å²) in [6.45, 7) is 9.92. The van der Waals surface area contributed by atoms with Crippen LogP contribution in [0.3, 0.4) is 0 Å². The smallest absolute Gasteiger partial charge is 0.228 e. The van der Waals surface area contributed by atoms with Crippen molar-refractivity contribution < 1.29 is 14.2 Å². The van der Waals surface area contributed by atoms with Crippen molar-refractivity contribution in [2.75, 3.05) is 0 Å². The van der Waals surface area contributed by atoms with Crippen LogP contribution in [0.25, 0.3) is 12.2 Å². The molecule has 0 saturated heterocycles. The predicted molar refractivity (Wildman–Crippen MR) is 118 cm³/mol. The molecule has 0 amide bonds. The first-order valence-electron chi connectivity index (χ1n) is 9.60. The van der Waals surface area contributed by atoms with Crippen LogP contribution in [-0.4, -0.2) is 6.29 Å². The molecule has 3 aromatic rings. The van der Waals surface area contributed by atoms with E-state index in [9.17, 15) is 0 Å². The summed E-state index contributed by atoms with van der Waals surface area (Å²) < 4.78 is 18.1. The quantitative estimate of drug-likeness (QED) is 0.366. The fourth-order valence-corrected chi connectivity index (χ4v) is 2.77. The van der Waals surface area contributed by atoms with Gasteiger partial charge < -0.3 is 14.2 Å². The van der Waals surface area contributed by atoms with Crippen molar-refractivity contribution in [1.82, 2.24) is 0 Å². The van der Waals surface area contributed by atoms with Crippen molar-refractivity contribution in [2.24, 2.45) is 0 Å². The molecule has 3 heteroatoms. The summed E-state index contributed by atoms with van der Waals surface area (Å²) >= 11 is 0. The molecule has 0 spiro atoms. The van der Waals surface area contributed by atoms with Gasteiger partial charge in [0.05, 0.1) is 6.61 Å². The average Bonchev–Trinajstić information content (AvgIpc) is 2.78. The SMILES string of the molecule is C=Cc1ccc(OC(OC(C)OCc2ccccc2)c2ccc(C=C)cc2)cc1. The summed E-state index contributed by atoms with van der Waals surface area (Å²) in [5.41, 5.74) is 4.07. The van der Waals surface area contributed by atoms with E-state index in [1.54, 1.807) is 12.2 Å². The van der Waals surface area contributed by atoms with Gasteiger partial charge in [0.25, 0.3) is 0 Å². The Morgan fingerprint density at radius 3 is 1.97 bits per heavy atom. The molecule has 3 nitrogen and oxygen atoms in total. The maximum absolute atomic E-state index is 6.13. The van der Waals surface area contributed by atoms with Gasteiger partial charge >= 0.3 is 0 Å². The van der Waals surface area contributed by atoms with Crippen LogP contribution < -0.4 is 4.74 Å². The van der Waals surface area contributed by atoms with E-state index < -0.39 is 12.6 Å². The second kappa shape index (κ2) is 10.4. The van der Waals surface area contributed by atoms with Crippen LogP contribution in [0.2, 0.25) is 0 Å². The Bertz CT molecular complexity index is 899. The molecule has 148 valence electrons. The molecule has 0 bridgehead atoms. The van der Waals surface area contributed by atoms with E-state index in [0.717, 1.165) is 22.3 Å². The molecule has 0 aliphatic carbocycles. The van der Waals surface area contributed by atoms with Crippen molar-refractivity contribution in [1.29, 1.82) is 0 Å². The number of rotatable bonds is 10. The molecule has 3 aromatic carbocycles. The summed E-state index contributed by atoms with van der Waals surface area (Å²) in [4.78, 5) is 0. The minimum atomic E-state index is -0.603. The van der Waals surface area contributed by atoms with E-state index in [1.165, 1.54) is 0 Å². The zero-order chi connectivity index (χ0) is 20.5. The van der Waals surface area contributed by atoms with Gasteiger partial charge in [-0.05, 0) is 35.7 Å². The Kier molecular flexibility index (Phi) is 7.40. The van der Waals surface area contributed by atoms with Crippen LogP contribution in [0.5, 0.6) is 5.75 Å². The zero-order valence-corrected chi connectivity index (χ0v) is 16.7. The molecule has 0 aliphatic heterocycles. The first-order valence-corrected chi connectivity index (χ1v) is 9.60. The van der Waals surface area contributed by atoms with Gasteiger partial charge in [-0.2, -0.15) is 0 Å². The van der Waals surface area contributed by atoms with Crippen LogP contribution >= 0.6 is 0 Å². The average molecular weight is 386 g/mol. The lowest BCUT2D eigenvalue weighted by Gasteiger charge is -2.24. The van der Waals surface area contributed by atoms with E-state index in [2.05, 4.69) is 13.2 Å². The van der Waals surface area contributed by atoms with Gasteiger partial charge in [-0.1, -0.05) is 92.0 Å². The Labute approximate surface area is 172 Å². The lowest BCUT2D eigenvalue weighted by Crippen LogP contribution is -2.21. The molecule has 0 fully saturated rings. The van der Waals surface area contributed by atoms with E-state index >= 15 is 0 Å². The van der Waals surface area contributed by atoms with Crippen molar-refractivity contribution in [2.45, 2.75) is 26.1 Å². The third kappa shape index (κ3) is 6.18. The van der Waals surface area contributed by atoms with Crippen molar-refractivity contribution >= 4 is 12.2 Å². The zero-order valence-electron chi connectivity index (χ0n) is 16.7. The van der Waals surface area contributed by atoms with Gasteiger partial charge in [-0.15, -0.1) is 0 Å². The van der Waals surface area contributed by atoms with E-state index in [0.29, 0.717) is 12.4 Å². The third-order valence-corrected chi connectivity index (χ3v) is 4.45. The van der Waals surface area contributed by atoms with Gasteiger partial charge in [-0.3, -0.25) is 0 Å². The lowest BCUT2D eigenvalue weighted by atomic mass is 10.1. The van der Waals surface area contributed by atoms with Crippen LogP contribution in [0, 0.1) is 0 Å². The van der Waals surface area contributed by atoms with Crippen LogP contribution in [0.1, 0.15) is 35.5 Å². The fraction of sp³-hybridized carbons (Fsp3) is 0.154. The fourth-order valence-electron chi connectivity index (χ4n) is 2.77. The number of hydrogen-bond donors (Lipinski definition) is 0. The first-order chi connectivity index (χ1) is 14.2. The highest BCUT2D eigenvalue weighted by molar-refractivity contribution is 5.49. The maximum atomic E-state index is 6.13. The van der Waals surface area contributed by atoms with E-state index in [4.69, 9.17) is 14.2 Å². The number of benzene rings is 3. The summed E-state index contributed by atoms with van der Waals surface area (Å²) in [7, 11) is 0. The summed E-state index contributed by atoms with van der Waals surface area (Å²) in [5, 5.41) is 0. The monoisotopic (exact) mass is 386 g/mol.